The number of hydrogen-bond donors (Lipinski definition) is 1. The van der Waals surface area contributed by atoms with Gasteiger partial charge in [0.25, 0.3) is 0 Å². The molecule has 0 spiro atoms. The lowest BCUT2D eigenvalue weighted by molar-refractivity contribution is -0.117. The lowest BCUT2D eigenvalue weighted by Gasteiger charge is -2.26. The van der Waals surface area contributed by atoms with Crippen molar-refractivity contribution in [1.29, 1.82) is 0 Å². The number of carbonyl (C=O) groups excluding carboxylic acids is 1. The Labute approximate surface area is 152 Å². The van der Waals surface area contributed by atoms with E-state index in [1.54, 1.807) is 18.4 Å². The number of sulfonamides is 1. The smallest absolute Gasteiger partial charge is 0.243 e. The minimum atomic E-state index is -3.52. The van der Waals surface area contributed by atoms with Gasteiger partial charge >= 0.3 is 0 Å². The summed E-state index contributed by atoms with van der Waals surface area (Å²) in [4.78, 5) is 12.5. The van der Waals surface area contributed by atoms with Gasteiger partial charge in [0.15, 0.2) is 0 Å². The van der Waals surface area contributed by atoms with E-state index in [2.05, 4.69) is 5.32 Å². The molecule has 1 amide bonds. The quantitative estimate of drug-likeness (QED) is 0.863. The van der Waals surface area contributed by atoms with Crippen LogP contribution in [-0.4, -0.2) is 44.9 Å². The van der Waals surface area contributed by atoms with E-state index in [4.69, 9.17) is 9.15 Å². The van der Waals surface area contributed by atoms with E-state index in [0.717, 1.165) is 12.2 Å². The zero-order valence-electron chi connectivity index (χ0n) is 14.1. The summed E-state index contributed by atoms with van der Waals surface area (Å²) in [5.41, 5.74) is 0.584. The fraction of sp³-hybridized carbons (Fsp3) is 0.389. The molecule has 0 bridgehead atoms. The second-order valence-electron chi connectivity index (χ2n) is 6.49. The highest BCUT2D eigenvalue weighted by Crippen LogP contribution is 2.48. The highest BCUT2D eigenvalue weighted by atomic mass is 32.2. The van der Waals surface area contributed by atoms with Crippen molar-refractivity contribution in [3.63, 3.8) is 0 Å². The lowest BCUT2D eigenvalue weighted by atomic mass is 10.2. The van der Waals surface area contributed by atoms with Crippen LogP contribution in [0.4, 0.5) is 5.69 Å². The van der Waals surface area contributed by atoms with Crippen LogP contribution < -0.4 is 5.32 Å². The predicted molar refractivity (Wildman–Crippen MR) is 94.2 cm³/mol. The summed E-state index contributed by atoms with van der Waals surface area (Å²) < 4.78 is 37.1. The lowest BCUT2D eigenvalue weighted by Crippen LogP contribution is -2.40. The van der Waals surface area contributed by atoms with Crippen LogP contribution in [0, 0.1) is 5.92 Å². The zero-order chi connectivity index (χ0) is 18.1. The van der Waals surface area contributed by atoms with Gasteiger partial charge in [-0.3, -0.25) is 4.79 Å². The molecule has 1 aliphatic carbocycles. The van der Waals surface area contributed by atoms with Gasteiger partial charge in [-0.2, -0.15) is 4.31 Å². The number of nitrogens with zero attached hydrogens (tertiary/aromatic N) is 1. The second-order valence-corrected chi connectivity index (χ2v) is 8.43. The number of anilines is 1. The summed E-state index contributed by atoms with van der Waals surface area (Å²) in [5, 5.41) is 2.84. The standard InChI is InChI=1S/C18H20N2O5S/c21-18(16-12-15(16)17-2-1-9-25-17)19-13-3-5-14(6-4-13)26(22,23)20-7-10-24-11-8-20/h1-6,9,15-16H,7-8,10-12H2,(H,19,21). The van der Waals surface area contributed by atoms with Crippen molar-refractivity contribution >= 4 is 21.6 Å². The van der Waals surface area contributed by atoms with Crippen molar-refractivity contribution in [3.8, 4) is 0 Å². The largest absolute Gasteiger partial charge is 0.469 e. The number of hydrogen-bond acceptors (Lipinski definition) is 5. The van der Waals surface area contributed by atoms with Gasteiger partial charge in [-0.05, 0) is 42.8 Å². The van der Waals surface area contributed by atoms with Crippen molar-refractivity contribution in [2.75, 3.05) is 31.6 Å². The molecule has 1 saturated heterocycles. The Morgan fingerprint density at radius 1 is 1.12 bits per heavy atom. The Hall–Kier alpha value is -2.16. The van der Waals surface area contributed by atoms with E-state index in [9.17, 15) is 13.2 Å². The van der Waals surface area contributed by atoms with Gasteiger partial charge in [0, 0.05) is 30.6 Å². The normalized spacial score (nSPS) is 23.5. The number of rotatable bonds is 5. The average Bonchev–Trinajstić information content (AvgIpc) is 3.28. The molecule has 2 unspecified atom stereocenters. The molecule has 138 valence electrons. The third kappa shape index (κ3) is 3.40. The van der Waals surface area contributed by atoms with Crippen LogP contribution in [0.2, 0.25) is 0 Å². The molecule has 2 aromatic rings. The highest BCUT2D eigenvalue weighted by Gasteiger charge is 2.45. The van der Waals surface area contributed by atoms with Crippen molar-refractivity contribution in [1.82, 2.24) is 4.31 Å². The number of furan rings is 1. The maximum Gasteiger partial charge on any atom is 0.243 e. The minimum absolute atomic E-state index is 0.0739. The molecular weight excluding hydrogens is 356 g/mol. The first kappa shape index (κ1) is 17.3. The van der Waals surface area contributed by atoms with Crippen LogP contribution in [-0.2, 0) is 19.6 Å². The monoisotopic (exact) mass is 376 g/mol. The molecule has 1 saturated carbocycles. The summed E-state index contributed by atoms with van der Waals surface area (Å²) in [6, 6.07) is 9.99. The molecule has 0 radical (unpaired) electrons. The van der Waals surface area contributed by atoms with Crippen LogP contribution >= 0.6 is 0 Å². The van der Waals surface area contributed by atoms with Crippen LogP contribution in [0.1, 0.15) is 18.1 Å². The van der Waals surface area contributed by atoms with Crippen molar-refractivity contribution in [2.45, 2.75) is 17.2 Å². The van der Waals surface area contributed by atoms with Crippen LogP contribution in [0.5, 0.6) is 0 Å². The first-order chi connectivity index (χ1) is 12.6. The number of ether oxygens (including phenoxy) is 1. The number of carbonyl (C=O) groups is 1. The number of amides is 1. The average molecular weight is 376 g/mol. The van der Waals surface area contributed by atoms with Gasteiger partial charge in [0.05, 0.1) is 24.4 Å². The molecular formula is C18H20N2O5S. The summed E-state index contributed by atoms with van der Waals surface area (Å²) in [7, 11) is -3.52. The Balaban J connectivity index is 1.39. The topological polar surface area (TPSA) is 88.9 Å². The van der Waals surface area contributed by atoms with E-state index in [0.29, 0.717) is 32.0 Å². The van der Waals surface area contributed by atoms with E-state index >= 15 is 0 Å². The van der Waals surface area contributed by atoms with Crippen molar-refractivity contribution in [2.24, 2.45) is 5.92 Å². The molecule has 1 aromatic carbocycles. The Bertz CT molecular complexity index is 871. The summed E-state index contributed by atoms with van der Waals surface area (Å²) in [6.07, 6.45) is 2.37. The molecule has 2 heterocycles. The van der Waals surface area contributed by atoms with E-state index in [1.807, 2.05) is 12.1 Å². The zero-order valence-corrected chi connectivity index (χ0v) is 14.9. The predicted octanol–water partition coefficient (Wildman–Crippen LogP) is 2.04. The summed E-state index contributed by atoms with van der Waals surface area (Å²) >= 11 is 0. The first-order valence-electron chi connectivity index (χ1n) is 8.58. The van der Waals surface area contributed by atoms with Gasteiger partial charge in [0.2, 0.25) is 15.9 Å². The Morgan fingerprint density at radius 3 is 2.50 bits per heavy atom. The molecule has 4 rings (SSSR count). The molecule has 1 aliphatic heterocycles. The Morgan fingerprint density at radius 2 is 1.85 bits per heavy atom. The molecule has 1 aromatic heterocycles. The van der Waals surface area contributed by atoms with Crippen LogP contribution in [0.25, 0.3) is 0 Å². The van der Waals surface area contributed by atoms with E-state index in [1.165, 1.54) is 16.4 Å². The molecule has 1 N–H and O–H groups in total. The number of benzene rings is 1. The van der Waals surface area contributed by atoms with E-state index in [-0.39, 0.29) is 22.6 Å². The molecule has 8 heteroatoms. The van der Waals surface area contributed by atoms with Crippen LogP contribution in [0.15, 0.2) is 52.0 Å². The molecule has 7 nitrogen and oxygen atoms in total. The number of morpholine rings is 1. The number of nitrogens with one attached hydrogen (secondary N) is 1. The fourth-order valence-corrected chi connectivity index (χ4v) is 4.59. The van der Waals surface area contributed by atoms with Gasteiger partial charge in [-0.1, -0.05) is 0 Å². The highest BCUT2D eigenvalue weighted by molar-refractivity contribution is 7.89. The van der Waals surface area contributed by atoms with Gasteiger partial charge in [0.1, 0.15) is 5.76 Å². The Kier molecular flexibility index (Phi) is 4.56. The summed E-state index contributed by atoms with van der Waals surface area (Å²) in [5.74, 6) is 0.788. The maximum absolute atomic E-state index is 12.6. The molecule has 2 aliphatic rings. The van der Waals surface area contributed by atoms with Gasteiger partial charge < -0.3 is 14.5 Å². The molecule has 26 heavy (non-hydrogen) atoms. The fourth-order valence-electron chi connectivity index (χ4n) is 3.18. The van der Waals surface area contributed by atoms with Crippen LogP contribution in [0.3, 0.4) is 0 Å². The first-order valence-corrected chi connectivity index (χ1v) is 10.0. The van der Waals surface area contributed by atoms with E-state index < -0.39 is 10.0 Å². The second kappa shape index (κ2) is 6.86. The maximum atomic E-state index is 12.6. The van der Waals surface area contributed by atoms with Gasteiger partial charge in [-0.15, -0.1) is 0 Å². The molecule has 2 atom stereocenters. The van der Waals surface area contributed by atoms with Gasteiger partial charge in [-0.25, -0.2) is 8.42 Å². The summed E-state index contributed by atoms with van der Waals surface area (Å²) in [6.45, 7) is 1.53. The minimum Gasteiger partial charge on any atom is -0.469 e. The SMILES string of the molecule is O=C(Nc1ccc(S(=O)(=O)N2CCOCC2)cc1)C1CC1c1ccco1. The third-order valence-corrected chi connectivity index (χ3v) is 6.68. The van der Waals surface area contributed by atoms with Crippen molar-refractivity contribution < 1.29 is 22.4 Å². The molecule has 2 fully saturated rings. The third-order valence-electron chi connectivity index (χ3n) is 4.77. The van der Waals surface area contributed by atoms with Crippen molar-refractivity contribution in [3.05, 3.63) is 48.4 Å².